The van der Waals surface area contributed by atoms with Gasteiger partial charge in [-0.05, 0) is 26.8 Å². The Bertz CT molecular complexity index is 407. The van der Waals surface area contributed by atoms with Crippen LogP contribution in [0.25, 0.3) is 0 Å². The highest BCUT2D eigenvalue weighted by molar-refractivity contribution is 5.47. The number of nitrogens with zero attached hydrogens (tertiary/aromatic N) is 3. The van der Waals surface area contributed by atoms with E-state index in [0.717, 1.165) is 0 Å². The van der Waals surface area contributed by atoms with Crippen molar-refractivity contribution in [1.29, 1.82) is 0 Å². The third kappa shape index (κ3) is 3.13. The summed E-state index contributed by atoms with van der Waals surface area (Å²) in [6.07, 6.45) is 0. The molecule has 0 saturated carbocycles. The number of aliphatic hydroxyl groups excluding tert-OH is 1. The maximum Gasteiger partial charge on any atom is 0.290 e. The Morgan fingerprint density at radius 1 is 1.53 bits per heavy atom. The molecule has 1 aromatic heterocycles. The Morgan fingerprint density at radius 3 is 2.59 bits per heavy atom. The lowest BCUT2D eigenvalue weighted by Gasteiger charge is -2.27. The third-order valence-electron chi connectivity index (χ3n) is 2.50. The van der Waals surface area contributed by atoms with Crippen LogP contribution in [0.4, 0.5) is 11.5 Å². The van der Waals surface area contributed by atoms with Gasteiger partial charge in [0, 0.05) is 18.7 Å². The lowest BCUT2D eigenvalue weighted by atomic mass is 10.2. The van der Waals surface area contributed by atoms with Crippen molar-refractivity contribution in [2.45, 2.75) is 26.8 Å². The van der Waals surface area contributed by atoms with Crippen LogP contribution in [0.3, 0.4) is 0 Å². The van der Waals surface area contributed by atoms with Crippen molar-refractivity contribution >= 4 is 11.5 Å². The minimum Gasteiger partial charge on any atom is -0.395 e. The molecular formula is C11H17N3O3. The Hall–Kier alpha value is -1.69. The average molecular weight is 239 g/mol. The second-order valence-corrected chi connectivity index (χ2v) is 4.04. The second kappa shape index (κ2) is 5.58. The largest absolute Gasteiger partial charge is 0.395 e. The predicted octanol–water partition coefficient (Wildman–Crippen LogP) is 1.51. The summed E-state index contributed by atoms with van der Waals surface area (Å²) < 4.78 is 0. The van der Waals surface area contributed by atoms with Crippen molar-refractivity contribution in [3.05, 3.63) is 27.9 Å². The van der Waals surface area contributed by atoms with Crippen LogP contribution in [0.1, 0.15) is 19.5 Å². The molecule has 1 N–H and O–H groups in total. The molecule has 0 fully saturated rings. The predicted molar refractivity (Wildman–Crippen MR) is 65.2 cm³/mol. The summed E-state index contributed by atoms with van der Waals surface area (Å²) in [4.78, 5) is 16.3. The number of aryl methyl sites for hydroxylation is 1. The summed E-state index contributed by atoms with van der Waals surface area (Å²) in [7, 11) is 0. The fourth-order valence-corrected chi connectivity index (χ4v) is 1.64. The van der Waals surface area contributed by atoms with Gasteiger partial charge in [0.25, 0.3) is 5.69 Å². The molecule has 94 valence electrons. The molecular weight excluding hydrogens is 222 g/mol. The molecule has 0 radical (unpaired) electrons. The fraction of sp³-hybridized carbons (Fsp3) is 0.545. The minimum absolute atomic E-state index is 0.0152. The molecule has 1 heterocycles. The van der Waals surface area contributed by atoms with Crippen molar-refractivity contribution in [2.24, 2.45) is 0 Å². The Morgan fingerprint density at radius 2 is 2.18 bits per heavy atom. The zero-order chi connectivity index (χ0) is 13.0. The van der Waals surface area contributed by atoms with Crippen LogP contribution in [0.5, 0.6) is 0 Å². The summed E-state index contributed by atoms with van der Waals surface area (Å²) in [5.74, 6) is 0.650. The first-order valence-corrected chi connectivity index (χ1v) is 5.47. The van der Waals surface area contributed by atoms with E-state index >= 15 is 0 Å². The smallest absolute Gasteiger partial charge is 0.290 e. The van der Waals surface area contributed by atoms with E-state index in [9.17, 15) is 10.1 Å². The standard InChI is InChI=1S/C11H17N3O3/c1-8(2)13(6-7-15)11-5-4-10(14(16)17)9(3)12-11/h4-5,8,15H,6-7H2,1-3H3. The van der Waals surface area contributed by atoms with E-state index in [-0.39, 0.29) is 18.3 Å². The second-order valence-electron chi connectivity index (χ2n) is 4.04. The highest BCUT2D eigenvalue weighted by atomic mass is 16.6. The maximum absolute atomic E-state index is 10.7. The molecule has 0 amide bonds. The SMILES string of the molecule is Cc1nc(N(CCO)C(C)C)ccc1[N+](=O)[O-]. The van der Waals surface area contributed by atoms with Gasteiger partial charge in [-0.1, -0.05) is 0 Å². The summed E-state index contributed by atoms with van der Waals surface area (Å²) in [6.45, 7) is 6.05. The van der Waals surface area contributed by atoms with Crippen LogP contribution in [0.15, 0.2) is 12.1 Å². The van der Waals surface area contributed by atoms with Crippen molar-refractivity contribution in [3.8, 4) is 0 Å². The summed E-state index contributed by atoms with van der Waals surface area (Å²) in [6, 6.07) is 3.24. The van der Waals surface area contributed by atoms with Crippen LogP contribution < -0.4 is 4.90 Å². The first-order valence-electron chi connectivity index (χ1n) is 5.47. The number of pyridine rings is 1. The lowest BCUT2D eigenvalue weighted by molar-refractivity contribution is -0.385. The molecule has 0 aliphatic carbocycles. The molecule has 0 aliphatic rings. The van der Waals surface area contributed by atoms with E-state index in [1.165, 1.54) is 6.07 Å². The molecule has 0 aliphatic heterocycles. The number of hydrogen-bond acceptors (Lipinski definition) is 5. The van der Waals surface area contributed by atoms with E-state index in [1.54, 1.807) is 13.0 Å². The number of nitro groups is 1. The molecule has 0 aromatic carbocycles. The molecule has 17 heavy (non-hydrogen) atoms. The molecule has 0 atom stereocenters. The quantitative estimate of drug-likeness (QED) is 0.622. The van der Waals surface area contributed by atoms with Gasteiger partial charge < -0.3 is 10.0 Å². The molecule has 0 bridgehead atoms. The van der Waals surface area contributed by atoms with Gasteiger partial charge in [-0.25, -0.2) is 4.98 Å². The van der Waals surface area contributed by atoms with Crippen LogP contribution in [0, 0.1) is 17.0 Å². The van der Waals surface area contributed by atoms with Gasteiger partial charge in [0.15, 0.2) is 0 Å². The fourth-order valence-electron chi connectivity index (χ4n) is 1.64. The average Bonchev–Trinajstić information content (AvgIpc) is 2.24. The first kappa shape index (κ1) is 13.4. The Kier molecular flexibility index (Phi) is 4.39. The Balaban J connectivity index is 3.06. The topological polar surface area (TPSA) is 79.5 Å². The zero-order valence-electron chi connectivity index (χ0n) is 10.3. The van der Waals surface area contributed by atoms with Crippen molar-refractivity contribution in [2.75, 3.05) is 18.1 Å². The number of rotatable bonds is 5. The van der Waals surface area contributed by atoms with E-state index in [0.29, 0.717) is 18.1 Å². The van der Waals surface area contributed by atoms with E-state index in [2.05, 4.69) is 4.98 Å². The monoisotopic (exact) mass is 239 g/mol. The molecule has 6 heteroatoms. The molecule has 1 aromatic rings. The Labute approximate surface area is 100 Å². The van der Waals surface area contributed by atoms with Gasteiger partial charge in [0.2, 0.25) is 0 Å². The number of aliphatic hydroxyl groups is 1. The van der Waals surface area contributed by atoms with E-state index in [4.69, 9.17) is 5.11 Å². The van der Waals surface area contributed by atoms with Crippen LogP contribution in [-0.2, 0) is 0 Å². The van der Waals surface area contributed by atoms with Crippen LogP contribution in [-0.4, -0.2) is 34.2 Å². The molecule has 0 saturated heterocycles. The normalized spacial score (nSPS) is 10.6. The van der Waals surface area contributed by atoms with E-state index in [1.807, 2.05) is 18.7 Å². The van der Waals surface area contributed by atoms with Gasteiger partial charge in [0.1, 0.15) is 11.5 Å². The summed E-state index contributed by atoms with van der Waals surface area (Å²) >= 11 is 0. The lowest BCUT2D eigenvalue weighted by Crippen LogP contribution is -2.34. The summed E-state index contributed by atoms with van der Waals surface area (Å²) in [5, 5.41) is 19.7. The first-order chi connectivity index (χ1) is 7.97. The molecule has 0 unspecified atom stereocenters. The van der Waals surface area contributed by atoms with Crippen molar-refractivity contribution in [3.63, 3.8) is 0 Å². The van der Waals surface area contributed by atoms with E-state index < -0.39 is 4.92 Å². The van der Waals surface area contributed by atoms with Gasteiger partial charge in [-0.3, -0.25) is 10.1 Å². The highest BCUT2D eigenvalue weighted by Crippen LogP contribution is 2.21. The number of anilines is 1. The van der Waals surface area contributed by atoms with Gasteiger partial charge in [-0.2, -0.15) is 0 Å². The van der Waals surface area contributed by atoms with Crippen LogP contribution in [0.2, 0.25) is 0 Å². The number of aromatic nitrogens is 1. The maximum atomic E-state index is 10.7. The van der Waals surface area contributed by atoms with Gasteiger partial charge in [-0.15, -0.1) is 0 Å². The molecule has 1 rings (SSSR count). The van der Waals surface area contributed by atoms with Gasteiger partial charge in [0.05, 0.1) is 11.5 Å². The minimum atomic E-state index is -0.447. The van der Waals surface area contributed by atoms with Gasteiger partial charge >= 0.3 is 0 Å². The van der Waals surface area contributed by atoms with Crippen molar-refractivity contribution < 1.29 is 10.0 Å². The molecule has 6 nitrogen and oxygen atoms in total. The molecule has 0 spiro atoms. The number of hydrogen-bond donors (Lipinski definition) is 1. The zero-order valence-corrected chi connectivity index (χ0v) is 10.3. The van der Waals surface area contributed by atoms with Crippen molar-refractivity contribution in [1.82, 2.24) is 4.98 Å². The summed E-state index contributed by atoms with van der Waals surface area (Å²) in [5.41, 5.74) is 0.401. The highest BCUT2D eigenvalue weighted by Gasteiger charge is 2.16. The third-order valence-corrected chi connectivity index (χ3v) is 2.50. The van der Waals surface area contributed by atoms with Crippen LogP contribution >= 0.6 is 0 Å².